The van der Waals surface area contributed by atoms with Gasteiger partial charge in [-0.2, -0.15) is 0 Å². The van der Waals surface area contributed by atoms with Gasteiger partial charge in [-0.25, -0.2) is 0 Å². The molecule has 0 atom stereocenters. The second-order valence-electron chi connectivity index (χ2n) is 4.58. The maximum absolute atomic E-state index is 6.17. The van der Waals surface area contributed by atoms with Gasteiger partial charge in [-0.15, -0.1) is 0 Å². The van der Waals surface area contributed by atoms with Gasteiger partial charge < -0.3 is 10.5 Å². The minimum atomic E-state index is -0.341. The van der Waals surface area contributed by atoms with Crippen molar-refractivity contribution >= 4 is 10.8 Å². The lowest BCUT2D eigenvalue weighted by atomic mass is 9.90. The normalized spacial score (nSPS) is 11.8. The Morgan fingerprint density at radius 2 is 1.62 bits per heavy atom. The summed E-state index contributed by atoms with van der Waals surface area (Å²) in [5.41, 5.74) is 6.97. The third-order valence-corrected chi connectivity index (χ3v) is 2.80. The minimum absolute atomic E-state index is 0.341. The second-order valence-corrected chi connectivity index (χ2v) is 4.58. The summed E-state index contributed by atoms with van der Waals surface area (Å²) in [5.74, 6) is 0.892. The smallest absolute Gasteiger partial charge is 0.126 e. The first-order chi connectivity index (χ1) is 7.54. The van der Waals surface area contributed by atoms with Gasteiger partial charge in [-0.05, 0) is 30.9 Å². The fourth-order valence-electron chi connectivity index (χ4n) is 2.01. The third kappa shape index (κ3) is 1.76. The maximum Gasteiger partial charge on any atom is 0.126 e. The van der Waals surface area contributed by atoms with Crippen LogP contribution in [0.25, 0.3) is 10.8 Å². The number of fused-ring (bicyclic) bond motifs is 1. The Morgan fingerprint density at radius 1 is 1.00 bits per heavy atom. The molecule has 2 aromatic rings. The third-order valence-electron chi connectivity index (χ3n) is 2.80. The average molecular weight is 215 g/mol. The Balaban J connectivity index is 2.80. The topological polar surface area (TPSA) is 35.2 Å². The number of ether oxygens (including phenoxy) is 1. The van der Waals surface area contributed by atoms with Gasteiger partial charge in [0, 0.05) is 10.9 Å². The summed E-state index contributed by atoms with van der Waals surface area (Å²) >= 11 is 0. The lowest BCUT2D eigenvalue weighted by Crippen LogP contribution is -2.28. The molecular weight excluding hydrogens is 198 g/mol. The van der Waals surface area contributed by atoms with Gasteiger partial charge in [0.1, 0.15) is 5.75 Å². The van der Waals surface area contributed by atoms with Crippen molar-refractivity contribution in [1.82, 2.24) is 0 Å². The van der Waals surface area contributed by atoms with Gasteiger partial charge in [0.25, 0.3) is 0 Å². The van der Waals surface area contributed by atoms with Gasteiger partial charge in [0.2, 0.25) is 0 Å². The molecule has 2 nitrogen and oxygen atoms in total. The predicted octanol–water partition coefficient (Wildman–Crippen LogP) is 3.04. The summed E-state index contributed by atoms with van der Waals surface area (Å²) in [4.78, 5) is 0. The van der Waals surface area contributed by atoms with Crippen molar-refractivity contribution in [1.29, 1.82) is 0 Å². The molecule has 2 rings (SSSR count). The van der Waals surface area contributed by atoms with Gasteiger partial charge in [0.05, 0.1) is 7.11 Å². The van der Waals surface area contributed by atoms with Crippen LogP contribution < -0.4 is 10.5 Å². The lowest BCUT2D eigenvalue weighted by Gasteiger charge is -2.22. The van der Waals surface area contributed by atoms with E-state index >= 15 is 0 Å². The molecule has 0 bridgehead atoms. The molecule has 0 amide bonds. The zero-order valence-electron chi connectivity index (χ0n) is 9.95. The van der Waals surface area contributed by atoms with E-state index in [0.29, 0.717) is 0 Å². The van der Waals surface area contributed by atoms with E-state index in [9.17, 15) is 0 Å². The van der Waals surface area contributed by atoms with E-state index in [1.165, 1.54) is 0 Å². The minimum Gasteiger partial charge on any atom is -0.496 e. The number of hydrogen-bond acceptors (Lipinski definition) is 2. The van der Waals surface area contributed by atoms with Crippen LogP contribution in [-0.4, -0.2) is 7.11 Å². The van der Waals surface area contributed by atoms with E-state index < -0.39 is 0 Å². The van der Waals surface area contributed by atoms with Crippen molar-refractivity contribution in [3.63, 3.8) is 0 Å². The standard InChI is InChI=1S/C14H17NO/c1-14(2,15)12-8-9-13(16-3)11-7-5-4-6-10(11)12/h4-9H,15H2,1-3H3. The Bertz CT molecular complexity index is 512. The summed E-state index contributed by atoms with van der Waals surface area (Å²) in [6.45, 7) is 4.03. The molecule has 0 radical (unpaired) electrons. The molecule has 0 heterocycles. The van der Waals surface area contributed by atoms with Crippen LogP contribution in [-0.2, 0) is 5.54 Å². The summed E-state index contributed by atoms with van der Waals surface area (Å²) in [5, 5.41) is 2.27. The fraction of sp³-hybridized carbons (Fsp3) is 0.286. The van der Waals surface area contributed by atoms with E-state index in [4.69, 9.17) is 10.5 Å². The average Bonchev–Trinajstić information content (AvgIpc) is 2.26. The zero-order valence-corrected chi connectivity index (χ0v) is 9.95. The first-order valence-corrected chi connectivity index (χ1v) is 5.39. The highest BCUT2D eigenvalue weighted by atomic mass is 16.5. The van der Waals surface area contributed by atoms with Crippen LogP contribution in [0, 0.1) is 0 Å². The summed E-state index contributed by atoms with van der Waals surface area (Å²) in [6.07, 6.45) is 0. The molecule has 2 aromatic carbocycles. The molecule has 2 heteroatoms. The van der Waals surface area contributed by atoms with Crippen LogP contribution in [0.1, 0.15) is 19.4 Å². The van der Waals surface area contributed by atoms with E-state index in [-0.39, 0.29) is 5.54 Å². The van der Waals surface area contributed by atoms with Crippen LogP contribution in [0.4, 0.5) is 0 Å². The van der Waals surface area contributed by atoms with Crippen LogP contribution in [0.5, 0.6) is 5.75 Å². The predicted molar refractivity (Wildman–Crippen MR) is 67.7 cm³/mol. The number of hydrogen-bond donors (Lipinski definition) is 1. The highest BCUT2D eigenvalue weighted by molar-refractivity contribution is 5.91. The Labute approximate surface area is 96.0 Å². The highest BCUT2D eigenvalue weighted by Crippen LogP contribution is 2.32. The monoisotopic (exact) mass is 215 g/mol. The zero-order chi connectivity index (χ0) is 11.8. The molecular formula is C14H17NO. The number of nitrogens with two attached hydrogens (primary N) is 1. The lowest BCUT2D eigenvalue weighted by molar-refractivity contribution is 0.419. The number of benzene rings is 2. The van der Waals surface area contributed by atoms with Crippen molar-refractivity contribution in [2.45, 2.75) is 19.4 Å². The molecule has 84 valence electrons. The number of methoxy groups -OCH3 is 1. The molecule has 0 unspecified atom stereocenters. The van der Waals surface area contributed by atoms with E-state index in [1.54, 1.807) is 7.11 Å². The molecule has 0 aromatic heterocycles. The SMILES string of the molecule is COc1ccc(C(C)(C)N)c2ccccc12. The number of rotatable bonds is 2. The van der Waals surface area contributed by atoms with Crippen LogP contribution in [0.2, 0.25) is 0 Å². The molecule has 0 fully saturated rings. The van der Waals surface area contributed by atoms with Crippen LogP contribution in [0.15, 0.2) is 36.4 Å². The maximum atomic E-state index is 6.17. The molecule has 0 saturated carbocycles. The van der Waals surface area contributed by atoms with Crippen molar-refractivity contribution in [2.75, 3.05) is 7.11 Å². The van der Waals surface area contributed by atoms with E-state index in [1.807, 2.05) is 38.1 Å². The fourth-order valence-corrected chi connectivity index (χ4v) is 2.01. The molecule has 0 aliphatic carbocycles. The first kappa shape index (κ1) is 11.0. The first-order valence-electron chi connectivity index (χ1n) is 5.39. The van der Waals surface area contributed by atoms with Crippen molar-refractivity contribution < 1.29 is 4.74 Å². The largest absolute Gasteiger partial charge is 0.496 e. The van der Waals surface area contributed by atoms with Gasteiger partial charge in [-0.3, -0.25) is 0 Å². The Kier molecular flexibility index (Phi) is 2.60. The van der Waals surface area contributed by atoms with E-state index in [2.05, 4.69) is 12.1 Å². The molecule has 0 aliphatic rings. The summed E-state index contributed by atoms with van der Waals surface area (Å²) in [6, 6.07) is 12.2. The second kappa shape index (κ2) is 3.80. The molecule has 0 spiro atoms. The molecule has 2 N–H and O–H groups in total. The van der Waals surface area contributed by atoms with Crippen molar-refractivity contribution in [3.05, 3.63) is 42.0 Å². The van der Waals surface area contributed by atoms with E-state index in [0.717, 1.165) is 22.1 Å². The van der Waals surface area contributed by atoms with Crippen molar-refractivity contribution in [2.24, 2.45) is 5.73 Å². The van der Waals surface area contributed by atoms with Crippen molar-refractivity contribution in [3.8, 4) is 5.75 Å². The Hall–Kier alpha value is -1.54. The summed E-state index contributed by atoms with van der Waals surface area (Å²) in [7, 11) is 1.69. The molecule has 0 saturated heterocycles. The molecule has 0 aliphatic heterocycles. The summed E-state index contributed by atoms with van der Waals surface area (Å²) < 4.78 is 5.35. The van der Waals surface area contributed by atoms with Gasteiger partial charge in [0.15, 0.2) is 0 Å². The quantitative estimate of drug-likeness (QED) is 0.835. The molecule has 16 heavy (non-hydrogen) atoms. The van der Waals surface area contributed by atoms with Gasteiger partial charge >= 0.3 is 0 Å². The highest BCUT2D eigenvalue weighted by Gasteiger charge is 2.18. The Morgan fingerprint density at radius 3 is 2.19 bits per heavy atom. The van der Waals surface area contributed by atoms with Crippen LogP contribution in [0.3, 0.4) is 0 Å². The van der Waals surface area contributed by atoms with Crippen LogP contribution >= 0.6 is 0 Å². The van der Waals surface area contributed by atoms with Gasteiger partial charge in [-0.1, -0.05) is 30.3 Å².